The molecule has 4 rings (SSSR count). The Kier molecular flexibility index (Phi) is 5.31. The quantitative estimate of drug-likeness (QED) is 0.449. The van der Waals surface area contributed by atoms with Gasteiger partial charge in [0, 0.05) is 23.7 Å². The number of nitrogens with zero attached hydrogens (tertiary/aromatic N) is 5. The average molecular weight is 405 g/mol. The van der Waals surface area contributed by atoms with Crippen LogP contribution in [-0.4, -0.2) is 30.5 Å². The lowest BCUT2D eigenvalue weighted by atomic mass is 10.0. The zero-order valence-corrected chi connectivity index (χ0v) is 17.4. The molecule has 0 saturated carbocycles. The number of rotatable bonds is 6. The summed E-state index contributed by atoms with van der Waals surface area (Å²) in [5.41, 5.74) is 3.56. The lowest BCUT2D eigenvalue weighted by Gasteiger charge is -2.16. The zero-order valence-electron chi connectivity index (χ0n) is 17.4. The van der Waals surface area contributed by atoms with E-state index in [1.807, 2.05) is 38.2 Å². The van der Waals surface area contributed by atoms with Crippen molar-refractivity contribution in [1.29, 1.82) is 0 Å². The molecule has 0 spiro atoms. The van der Waals surface area contributed by atoms with Crippen molar-refractivity contribution < 1.29 is 4.39 Å². The third-order valence-electron chi connectivity index (χ3n) is 4.96. The molecule has 3 aromatic heterocycles. The van der Waals surface area contributed by atoms with Gasteiger partial charge in [0.15, 0.2) is 17.5 Å². The van der Waals surface area contributed by atoms with E-state index in [9.17, 15) is 4.39 Å². The van der Waals surface area contributed by atoms with Crippen molar-refractivity contribution in [2.75, 3.05) is 5.32 Å². The molecular formula is C22H24FN7. The average Bonchev–Trinajstić information content (AvgIpc) is 3.35. The van der Waals surface area contributed by atoms with Crippen LogP contribution >= 0.6 is 0 Å². The van der Waals surface area contributed by atoms with Gasteiger partial charge in [0.2, 0.25) is 0 Å². The second-order valence-corrected chi connectivity index (χ2v) is 7.60. The third-order valence-corrected chi connectivity index (χ3v) is 4.96. The summed E-state index contributed by atoms with van der Waals surface area (Å²) in [5.74, 6) is 1.79. The van der Waals surface area contributed by atoms with Crippen molar-refractivity contribution in [3.8, 4) is 0 Å². The van der Waals surface area contributed by atoms with Crippen molar-refractivity contribution in [3.63, 3.8) is 0 Å². The molecule has 0 saturated heterocycles. The van der Waals surface area contributed by atoms with Crippen LogP contribution in [0.5, 0.6) is 0 Å². The highest BCUT2D eigenvalue weighted by atomic mass is 19.1. The molecule has 0 aliphatic carbocycles. The van der Waals surface area contributed by atoms with Gasteiger partial charge in [0.25, 0.3) is 0 Å². The summed E-state index contributed by atoms with van der Waals surface area (Å²) in [4.78, 5) is 9.69. The smallest absolute Gasteiger partial charge is 0.180 e. The summed E-state index contributed by atoms with van der Waals surface area (Å²) >= 11 is 0. The highest BCUT2D eigenvalue weighted by Crippen LogP contribution is 2.28. The summed E-state index contributed by atoms with van der Waals surface area (Å²) in [5, 5.41) is 15.1. The highest BCUT2D eigenvalue weighted by Gasteiger charge is 2.20. The normalized spacial score (nSPS) is 13.2. The highest BCUT2D eigenvalue weighted by molar-refractivity contribution is 5.84. The van der Waals surface area contributed by atoms with Crippen molar-refractivity contribution in [1.82, 2.24) is 24.8 Å². The zero-order chi connectivity index (χ0) is 21.3. The number of halogens is 1. The Labute approximate surface area is 174 Å². The van der Waals surface area contributed by atoms with Crippen LogP contribution in [0.3, 0.4) is 0 Å². The Hall–Kier alpha value is -3.55. The Morgan fingerprint density at radius 3 is 2.63 bits per heavy atom. The Morgan fingerprint density at radius 1 is 1.20 bits per heavy atom. The van der Waals surface area contributed by atoms with Crippen molar-refractivity contribution in [3.05, 3.63) is 71.6 Å². The number of aromatic amines is 1. The summed E-state index contributed by atoms with van der Waals surface area (Å²) in [6, 6.07) is 11.6. The first-order chi connectivity index (χ1) is 14.4. The minimum absolute atomic E-state index is 0.271. The number of hydrogen-bond acceptors (Lipinski definition) is 5. The van der Waals surface area contributed by atoms with E-state index >= 15 is 0 Å². The first-order valence-electron chi connectivity index (χ1n) is 9.85. The summed E-state index contributed by atoms with van der Waals surface area (Å²) in [6.45, 7) is 8.10. The van der Waals surface area contributed by atoms with E-state index < -0.39 is 6.04 Å². The second kappa shape index (κ2) is 8.06. The number of anilines is 2. The molecule has 1 atom stereocenters. The number of H-pyrrole nitrogens is 1. The van der Waals surface area contributed by atoms with Gasteiger partial charge in [0.05, 0.1) is 0 Å². The first-order valence-corrected chi connectivity index (χ1v) is 9.85. The Balaban J connectivity index is 1.84. The summed E-state index contributed by atoms with van der Waals surface area (Å²) in [6.07, 6.45) is 1.86. The lowest BCUT2D eigenvalue weighted by Crippen LogP contribution is -2.13. The molecule has 0 aliphatic heterocycles. The van der Waals surface area contributed by atoms with Gasteiger partial charge in [-0.3, -0.25) is 10.1 Å². The van der Waals surface area contributed by atoms with Gasteiger partial charge >= 0.3 is 0 Å². The van der Waals surface area contributed by atoms with E-state index in [4.69, 9.17) is 15.1 Å². The molecule has 1 aromatic carbocycles. The van der Waals surface area contributed by atoms with Gasteiger partial charge in [-0.05, 0) is 49.6 Å². The number of fused-ring (bicyclic) bond motifs is 1. The standard InChI is InChI=1S/C22H24FN7/c1-13(2)15(4)24-20(16-7-9-17(23)10-8-16)22-26-21(18-6-5-11-30(18)29-22)25-19-12-14(3)27-28-19/h5-13,20H,1-4H3,(H2,25,26,27,28,29). The van der Waals surface area contributed by atoms with E-state index in [0.29, 0.717) is 17.5 Å². The fourth-order valence-electron chi connectivity index (χ4n) is 3.04. The molecule has 0 radical (unpaired) electrons. The molecule has 8 heteroatoms. The molecule has 4 aromatic rings. The fourth-order valence-corrected chi connectivity index (χ4v) is 3.04. The van der Waals surface area contributed by atoms with Gasteiger partial charge in [-0.1, -0.05) is 26.0 Å². The number of aromatic nitrogens is 5. The number of nitrogens with one attached hydrogen (secondary N) is 2. The van der Waals surface area contributed by atoms with Gasteiger partial charge in [-0.25, -0.2) is 13.9 Å². The van der Waals surface area contributed by atoms with E-state index in [-0.39, 0.29) is 11.7 Å². The van der Waals surface area contributed by atoms with Crippen LogP contribution in [0.2, 0.25) is 0 Å². The largest absolute Gasteiger partial charge is 0.322 e. The van der Waals surface area contributed by atoms with E-state index in [1.54, 1.807) is 16.6 Å². The second-order valence-electron chi connectivity index (χ2n) is 7.60. The van der Waals surface area contributed by atoms with Crippen LogP contribution in [0.4, 0.5) is 16.0 Å². The van der Waals surface area contributed by atoms with E-state index in [2.05, 4.69) is 29.4 Å². The van der Waals surface area contributed by atoms with E-state index in [1.165, 1.54) is 12.1 Å². The maximum atomic E-state index is 13.5. The molecule has 154 valence electrons. The molecule has 0 amide bonds. The number of hydrogen-bond donors (Lipinski definition) is 2. The monoisotopic (exact) mass is 405 g/mol. The van der Waals surface area contributed by atoms with Crippen molar-refractivity contribution in [2.24, 2.45) is 10.9 Å². The molecule has 1 unspecified atom stereocenters. The van der Waals surface area contributed by atoms with Crippen LogP contribution in [0, 0.1) is 18.7 Å². The Morgan fingerprint density at radius 2 is 1.97 bits per heavy atom. The van der Waals surface area contributed by atoms with Crippen LogP contribution in [0.15, 0.2) is 53.7 Å². The molecule has 7 nitrogen and oxygen atoms in total. The van der Waals surface area contributed by atoms with Gasteiger partial charge in [0.1, 0.15) is 17.4 Å². The predicted octanol–water partition coefficient (Wildman–Crippen LogP) is 4.85. The number of aryl methyl sites for hydroxylation is 1. The SMILES string of the molecule is CC(=NC(c1ccc(F)cc1)c1nc(Nc2cc(C)[nH]n2)c2cccn2n1)C(C)C. The number of aliphatic imine (C=N–C) groups is 1. The molecule has 0 aliphatic rings. The Bertz CT molecular complexity index is 1190. The fraction of sp³-hybridized carbons (Fsp3) is 0.273. The maximum Gasteiger partial charge on any atom is 0.180 e. The molecule has 2 N–H and O–H groups in total. The minimum Gasteiger partial charge on any atom is -0.322 e. The van der Waals surface area contributed by atoms with Gasteiger partial charge in [-0.15, -0.1) is 5.10 Å². The van der Waals surface area contributed by atoms with Crippen molar-refractivity contribution in [2.45, 2.75) is 33.7 Å². The van der Waals surface area contributed by atoms with Crippen LogP contribution in [0.1, 0.15) is 43.9 Å². The topological polar surface area (TPSA) is 83.3 Å². The molecule has 3 heterocycles. The van der Waals surface area contributed by atoms with Crippen LogP contribution < -0.4 is 5.32 Å². The molecule has 0 fully saturated rings. The third kappa shape index (κ3) is 4.07. The molecule has 30 heavy (non-hydrogen) atoms. The summed E-state index contributed by atoms with van der Waals surface area (Å²) < 4.78 is 15.3. The van der Waals surface area contributed by atoms with E-state index in [0.717, 1.165) is 22.5 Å². The number of benzene rings is 1. The lowest BCUT2D eigenvalue weighted by molar-refractivity contribution is 0.625. The van der Waals surface area contributed by atoms with Crippen LogP contribution in [0.25, 0.3) is 5.52 Å². The van der Waals surface area contributed by atoms with Gasteiger partial charge < -0.3 is 5.32 Å². The first kappa shape index (κ1) is 19.8. The minimum atomic E-state index is -0.457. The molecule has 0 bridgehead atoms. The van der Waals surface area contributed by atoms with Gasteiger partial charge in [-0.2, -0.15) is 5.10 Å². The predicted molar refractivity (Wildman–Crippen MR) is 116 cm³/mol. The molecular weight excluding hydrogens is 381 g/mol. The maximum absolute atomic E-state index is 13.5. The van der Waals surface area contributed by atoms with Crippen LogP contribution in [-0.2, 0) is 0 Å². The summed E-state index contributed by atoms with van der Waals surface area (Å²) in [7, 11) is 0. The van der Waals surface area contributed by atoms with Crippen molar-refractivity contribution >= 4 is 22.9 Å².